The highest BCUT2D eigenvalue weighted by atomic mass is 19.4. The number of ether oxygens (including phenoxy) is 1. The third-order valence-corrected chi connectivity index (χ3v) is 3.64. The Morgan fingerprint density at radius 3 is 2.18 bits per heavy atom. The number of hydrogen-bond acceptors (Lipinski definition) is 3. The van der Waals surface area contributed by atoms with Gasteiger partial charge in [0.25, 0.3) is 0 Å². The molecule has 1 fully saturated rings. The summed E-state index contributed by atoms with van der Waals surface area (Å²) in [4.78, 5) is 11.4. The molecule has 4 nitrogen and oxygen atoms in total. The number of alkyl carbamates (subject to hydrolysis) is 1. The van der Waals surface area contributed by atoms with Gasteiger partial charge in [-0.15, -0.1) is 0 Å². The number of halogens is 3. The molecule has 1 saturated carbocycles. The number of hydrogen-bond donors (Lipinski definition) is 2. The SMILES string of the molecule is CC(C)(C)OC(=O)NCCCNC1CCC(C(F)(F)F)CC1. The van der Waals surface area contributed by atoms with Gasteiger partial charge in [-0.1, -0.05) is 0 Å². The second-order valence-corrected chi connectivity index (χ2v) is 6.83. The Bertz CT molecular complexity index is 346. The van der Waals surface area contributed by atoms with E-state index in [9.17, 15) is 18.0 Å². The lowest BCUT2D eigenvalue weighted by Gasteiger charge is -2.30. The molecule has 0 atom stereocenters. The lowest BCUT2D eigenvalue weighted by Crippen LogP contribution is -2.38. The lowest BCUT2D eigenvalue weighted by molar-refractivity contribution is -0.182. The maximum Gasteiger partial charge on any atom is 0.407 e. The maximum atomic E-state index is 12.5. The average Bonchev–Trinajstić information content (AvgIpc) is 2.35. The molecule has 22 heavy (non-hydrogen) atoms. The van der Waals surface area contributed by atoms with Gasteiger partial charge in [-0.3, -0.25) is 0 Å². The molecule has 1 rings (SSSR count). The van der Waals surface area contributed by atoms with Crippen LogP contribution >= 0.6 is 0 Å². The van der Waals surface area contributed by atoms with Crippen LogP contribution in [-0.2, 0) is 4.74 Å². The summed E-state index contributed by atoms with van der Waals surface area (Å²) in [7, 11) is 0. The summed E-state index contributed by atoms with van der Waals surface area (Å²) in [5.41, 5.74) is -0.514. The molecule has 0 bridgehead atoms. The summed E-state index contributed by atoms with van der Waals surface area (Å²) in [6, 6.07) is 0.153. The largest absolute Gasteiger partial charge is 0.444 e. The van der Waals surface area contributed by atoms with Crippen LogP contribution in [0.15, 0.2) is 0 Å². The molecule has 130 valence electrons. The van der Waals surface area contributed by atoms with Crippen molar-refractivity contribution in [2.24, 2.45) is 5.92 Å². The standard InChI is InChI=1S/C15H27F3N2O2/c1-14(2,3)22-13(21)20-10-4-9-19-12-7-5-11(6-8-12)15(16,17)18/h11-12,19H,4-10H2,1-3H3,(H,20,21). The minimum absolute atomic E-state index is 0.153. The molecule has 1 aliphatic carbocycles. The Kier molecular flexibility index (Phi) is 6.97. The normalized spacial score (nSPS) is 23.2. The van der Waals surface area contributed by atoms with Crippen LogP contribution in [0.5, 0.6) is 0 Å². The Balaban J connectivity index is 2.06. The molecule has 0 saturated heterocycles. The predicted octanol–water partition coefficient (Wildman–Crippen LogP) is 3.61. The molecule has 0 aromatic rings. The molecule has 0 spiro atoms. The number of carbonyl (C=O) groups excluding carboxylic acids is 1. The first-order valence-corrected chi connectivity index (χ1v) is 7.85. The highest BCUT2D eigenvalue weighted by molar-refractivity contribution is 5.67. The van der Waals surface area contributed by atoms with Crippen molar-refractivity contribution in [3.8, 4) is 0 Å². The molecule has 7 heteroatoms. The van der Waals surface area contributed by atoms with Gasteiger partial charge in [0.15, 0.2) is 0 Å². The lowest BCUT2D eigenvalue weighted by atomic mass is 9.85. The van der Waals surface area contributed by atoms with E-state index < -0.39 is 23.8 Å². The van der Waals surface area contributed by atoms with Crippen LogP contribution in [0.3, 0.4) is 0 Å². The summed E-state index contributed by atoms with van der Waals surface area (Å²) in [5.74, 6) is -1.14. The highest BCUT2D eigenvalue weighted by Crippen LogP contribution is 2.37. The highest BCUT2D eigenvalue weighted by Gasteiger charge is 2.41. The van der Waals surface area contributed by atoms with Gasteiger partial charge in [0.2, 0.25) is 0 Å². The molecular weight excluding hydrogens is 297 g/mol. The van der Waals surface area contributed by atoms with Crippen LogP contribution in [-0.4, -0.2) is 37.0 Å². The van der Waals surface area contributed by atoms with Gasteiger partial charge in [-0.05, 0) is 59.4 Å². The van der Waals surface area contributed by atoms with Crippen LogP contribution < -0.4 is 10.6 Å². The molecular formula is C15H27F3N2O2. The smallest absolute Gasteiger partial charge is 0.407 e. The summed E-state index contributed by atoms with van der Waals surface area (Å²) < 4.78 is 42.7. The number of rotatable bonds is 5. The third-order valence-electron chi connectivity index (χ3n) is 3.64. The summed E-state index contributed by atoms with van der Waals surface area (Å²) in [5, 5.41) is 5.91. The van der Waals surface area contributed by atoms with Crippen molar-refractivity contribution in [1.82, 2.24) is 10.6 Å². The summed E-state index contributed by atoms with van der Waals surface area (Å²) >= 11 is 0. The van der Waals surface area contributed by atoms with E-state index in [0.717, 1.165) is 6.42 Å². The van der Waals surface area contributed by atoms with Crippen molar-refractivity contribution in [3.63, 3.8) is 0 Å². The molecule has 0 radical (unpaired) electrons. The number of alkyl halides is 3. The van der Waals surface area contributed by atoms with Crippen LogP contribution in [0, 0.1) is 5.92 Å². The minimum Gasteiger partial charge on any atom is -0.444 e. The summed E-state index contributed by atoms with van der Waals surface area (Å²) in [6.07, 6.45) is -2.25. The van der Waals surface area contributed by atoms with Crippen LogP contribution in [0.2, 0.25) is 0 Å². The van der Waals surface area contributed by atoms with E-state index in [1.54, 1.807) is 20.8 Å². The van der Waals surface area contributed by atoms with Gasteiger partial charge in [-0.2, -0.15) is 13.2 Å². The molecule has 0 unspecified atom stereocenters. The zero-order chi connectivity index (χ0) is 16.8. The van der Waals surface area contributed by atoms with Crippen LogP contribution in [0.1, 0.15) is 52.9 Å². The second kappa shape index (κ2) is 8.04. The number of carbonyl (C=O) groups is 1. The Hall–Kier alpha value is -0.980. The molecule has 0 heterocycles. The second-order valence-electron chi connectivity index (χ2n) is 6.83. The first kappa shape index (κ1) is 19.1. The molecule has 0 aromatic carbocycles. The minimum atomic E-state index is -4.05. The van der Waals surface area contributed by atoms with Crippen molar-refractivity contribution in [1.29, 1.82) is 0 Å². The van der Waals surface area contributed by atoms with E-state index in [-0.39, 0.29) is 18.9 Å². The Morgan fingerprint density at radius 2 is 1.68 bits per heavy atom. The molecule has 1 amide bonds. The molecule has 2 N–H and O–H groups in total. The maximum absolute atomic E-state index is 12.5. The van der Waals surface area contributed by atoms with Crippen molar-refractivity contribution in [2.75, 3.05) is 13.1 Å². The third kappa shape index (κ3) is 7.87. The topological polar surface area (TPSA) is 50.4 Å². The van der Waals surface area contributed by atoms with E-state index in [1.165, 1.54) is 0 Å². The zero-order valence-corrected chi connectivity index (χ0v) is 13.6. The quantitative estimate of drug-likeness (QED) is 0.760. The summed E-state index contributed by atoms with van der Waals surface area (Å²) in [6.45, 7) is 6.55. The Labute approximate surface area is 130 Å². The van der Waals surface area contributed by atoms with Crippen molar-refractivity contribution in [3.05, 3.63) is 0 Å². The van der Waals surface area contributed by atoms with Crippen molar-refractivity contribution in [2.45, 2.75) is 70.7 Å². The fraction of sp³-hybridized carbons (Fsp3) is 0.933. The van der Waals surface area contributed by atoms with E-state index in [0.29, 0.717) is 25.9 Å². The van der Waals surface area contributed by atoms with Crippen LogP contribution in [0.4, 0.5) is 18.0 Å². The van der Waals surface area contributed by atoms with Gasteiger partial charge < -0.3 is 15.4 Å². The van der Waals surface area contributed by atoms with E-state index in [2.05, 4.69) is 10.6 Å². The van der Waals surface area contributed by atoms with E-state index in [1.807, 2.05) is 0 Å². The van der Waals surface area contributed by atoms with Gasteiger partial charge in [0.05, 0.1) is 5.92 Å². The fourth-order valence-electron chi connectivity index (χ4n) is 2.52. The van der Waals surface area contributed by atoms with Crippen molar-refractivity contribution >= 4 is 6.09 Å². The van der Waals surface area contributed by atoms with Gasteiger partial charge in [0, 0.05) is 12.6 Å². The zero-order valence-electron chi connectivity index (χ0n) is 13.6. The first-order valence-electron chi connectivity index (χ1n) is 7.85. The molecule has 1 aliphatic rings. The van der Waals surface area contributed by atoms with Crippen molar-refractivity contribution < 1.29 is 22.7 Å². The van der Waals surface area contributed by atoms with Gasteiger partial charge in [0.1, 0.15) is 5.60 Å². The van der Waals surface area contributed by atoms with E-state index in [4.69, 9.17) is 4.74 Å². The molecule has 0 aromatic heterocycles. The Morgan fingerprint density at radius 1 is 1.09 bits per heavy atom. The number of amides is 1. The van der Waals surface area contributed by atoms with Gasteiger partial charge >= 0.3 is 12.3 Å². The van der Waals surface area contributed by atoms with E-state index >= 15 is 0 Å². The molecule has 0 aliphatic heterocycles. The monoisotopic (exact) mass is 324 g/mol. The fourth-order valence-corrected chi connectivity index (χ4v) is 2.52. The predicted molar refractivity (Wildman–Crippen MR) is 78.7 cm³/mol. The average molecular weight is 324 g/mol. The van der Waals surface area contributed by atoms with Gasteiger partial charge in [-0.25, -0.2) is 4.79 Å². The first-order chi connectivity index (χ1) is 10.1. The number of nitrogens with one attached hydrogen (secondary N) is 2. The van der Waals surface area contributed by atoms with Crippen LogP contribution in [0.25, 0.3) is 0 Å².